The highest BCUT2D eigenvalue weighted by molar-refractivity contribution is 5.32. The van der Waals surface area contributed by atoms with Crippen LogP contribution < -0.4 is 0 Å². The molecular weight excluding hydrogens is 323 g/mol. The topological polar surface area (TPSA) is 51.4 Å². The van der Waals surface area contributed by atoms with Gasteiger partial charge in [-0.1, -0.05) is 18.2 Å². The first kappa shape index (κ1) is 16.9. The van der Waals surface area contributed by atoms with Crippen LogP contribution in [0.2, 0.25) is 0 Å². The van der Waals surface area contributed by atoms with Crippen molar-refractivity contribution in [2.75, 3.05) is 19.7 Å². The number of hydrogen-bond donors (Lipinski definition) is 0. The maximum Gasteiger partial charge on any atom is 0.416 e. The van der Waals surface area contributed by atoms with Crippen molar-refractivity contribution in [2.24, 2.45) is 0 Å². The quantitative estimate of drug-likeness (QED) is 0.855. The normalized spacial score (nSPS) is 21.0. The number of morpholine rings is 1. The van der Waals surface area contributed by atoms with Crippen molar-refractivity contribution < 1.29 is 22.3 Å². The zero-order valence-corrected chi connectivity index (χ0v) is 13.4. The molecule has 3 rings (SSSR count). The van der Waals surface area contributed by atoms with Gasteiger partial charge in [-0.05, 0) is 18.6 Å². The van der Waals surface area contributed by atoms with E-state index in [1.165, 1.54) is 12.1 Å². The van der Waals surface area contributed by atoms with E-state index in [9.17, 15) is 13.2 Å². The Balaban J connectivity index is 1.82. The van der Waals surface area contributed by atoms with Crippen LogP contribution in [0.25, 0.3) is 0 Å². The molecule has 0 bridgehead atoms. The summed E-state index contributed by atoms with van der Waals surface area (Å²) in [5.41, 5.74) is -0.498. The summed E-state index contributed by atoms with van der Waals surface area (Å²) < 4.78 is 50.7. The Bertz CT molecular complexity index is 702. The van der Waals surface area contributed by atoms with Crippen LogP contribution in [0.5, 0.6) is 0 Å². The number of rotatable bonds is 3. The molecule has 1 saturated heterocycles. The van der Waals surface area contributed by atoms with Crippen LogP contribution in [0, 0.1) is 6.92 Å². The van der Waals surface area contributed by atoms with Crippen molar-refractivity contribution >= 4 is 0 Å². The highest BCUT2D eigenvalue weighted by Gasteiger charge is 2.37. The Morgan fingerprint density at radius 2 is 2.00 bits per heavy atom. The number of benzene rings is 1. The lowest BCUT2D eigenvalue weighted by Crippen LogP contribution is -2.40. The third-order valence-corrected chi connectivity index (χ3v) is 4.16. The summed E-state index contributed by atoms with van der Waals surface area (Å²) in [5.74, 6) is 0.918. The predicted molar refractivity (Wildman–Crippen MR) is 79.2 cm³/mol. The maximum atomic E-state index is 13.2. The maximum absolute atomic E-state index is 13.2. The van der Waals surface area contributed by atoms with Gasteiger partial charge in [0.1, 0.15) is 0 Å². The highest BCUT2D eigenvalue weighted by atomic mass is 19.4. The van der Waals surface area contributed by atoms with Crippen molar-refractivity contribution in [1.82, 2.24) is 15.1 Å². The predicted octanol–water partition coefficient (Wildman–Crippen LogP) is 3.53. The first-order valence-corrected chi connectivity index (χ1v) is 7.68. The number of aromatic nitrogens is 2. The van der Waals surface area contributed by atoms with E-state index >= 15 is 0 Å². The average molecular weight is 341 g/mol. The summed E-state index contributed by atoms with van der Waals surface area (Å²) in [7, 11) is 0. The zero-order chi connectivity index (χ0) is 17.3. The van der Waals surface area contributed by atoms with E-state index < -0.39 is 17.8 Å². The number of nitrogens with zero attached hydrogens (tertiary/aromatic N) is 3. The minimum absolute atomic E-state index is 0.156. The summed E-state index contributed by atoms with van der Waals surface area (Å²) in [5, 5.41) is 7.80. The number of hydrogen-bond acceptors (Lipinski definition) is 5. The van der Waals surface area contributed by atoms with Crippen molar-refractivity contribution in [2.45, 2.75) is 32.2 Å². The summed E-state index contributed by atoms with van der Waals surface area (Å²) in [4.78, 5) is 1.99. The van der Waals surface area contributed by atoms with Crippen molar-refractivity contribution in [3.05, 3.63) is 47.2 Å². The van der Waals surface area contributed by atoms with Crippen LogP contribution in [0.1, 0.15) is 42.0 Å². The standard InChI is InChI=1S/C16H18F3N3O2/c1-10(15-21-20-11(2)24-15)22-7-8-23-14(9-22)12-5-3-4-6-13(12)16(17,18)19/h3-6,10,14H,7-9H2,1-2H3/t10-,14+/m0/s1. The minimum Gasteiger partial charge on any atom is -0.424 e. The molecule has 1 aliphatic heterocycles. The molecule has 24 heavy (non-hydrogen) atoms. The fraction of sp³-hybridized carbons (Fsp3) is 0.500. The largest absolute Gasteiger partial charge is 0.424 e. The first-order valence-electron chi connectivity index (χ1n) is 7.68. The van der Waals surface area contributed by atoms with Gasteiger partial charge in [-0.3, -0.25) is 4.90 Å². The van der Waals surface area contributed by atoms with Gasteiger partial charge in [0.05, 0.1) is 24.3 Å². The molecule has 0 radical (unpaired) electrons. The highest BCUT2D eigenvalue weighted by Crippen LogP contribution is 2.37. The molecule has 8 heteroatoms. The van der Waals surface area contributed by atoms with Gasteiger partial charge in [-0.2, -0.15) is 13.2 Å². The van der Waals surface area contributed by atoms with E-state index in [0.29, 0.717) is 31.5 Å². The Kier molecular flexibility index (Phi) is 4.60. The smallest absolute Gasteiger partial charge is 0.416 e. The van der Waals surface area contributed by atoms with E-state index in [0.717, 1.165) is 6.07 Å². The SMILES string of the molecule is Cc1nnc([C@H](C)N2CCO[C@@H](c3ccccc3C(F)(F)F)C2)o1. The second-order valence-corrected chi connectivity index (χ2v) is 5.77. The molecule has 5 nitrogen and oxygen atoms in total. The number of aryl methyl sites for hydroxylation is 1. The molecule has 0 amide bonds. The van der Waals surface area contributed by atoms with E-state index in [1.807, 2.05) is 11.8 Å². The molecule has 2 heterocycles. The molecule has 1 fully saturated rings. The third kappa shape index (κ3) is 3.44. The summed E-state index contributed by atoms with van der Waals surface area (Å²) >= 11 is 0. The lowest BCUT2D eigenvalue weighted by molar-refractivity contribution is -0.140. The lowest BCUT2D eigenvalue weighted by atomic mass is 10.00. The zero-order valence-electron chi connectivity index (χ0n) is 13.4. The van der Waals surface area contributed by atoms with Crippen molar-refractivity contribution in [3.8, 4) is 0 Å². The molecular formula is C16H18F3N3O2. The van der Waals surface area contributed by atoms with E-state index in [-0.39, 0.29) is 11.6 Å². The Morgan fingerprint density at radius 3 is 2.67 bits per heavy atom. The fourth-order valence-electron chi connectivity index (χ4n) is 2.88. The van der Waals surface area contributed by atoms with Crippen molar-refractivity contribution in [3.63, 3.8) is 0 Å². The molecule has 1 aromatic heterocycles. The molecule has 0 aliphatic carbocycles. The van der Waals surface area contributed by atoms with Crippen LogP contribution in [0.4, 0.5) is 13.2 Å². The van der Waals surface area contributed by atoms with E-state index in [4.69, 9.17) is 9.15 Å². The molecule has 2 atom stereocenters. The minimum atomic E-state index is -4.41. The molecule has 0 saturated carbocycles. The van der Waals surface area contributed by atoms with Gasteiger partial charge < -0.3 is 9.15 Å². The summed E-state index contributed by atoms with van der Waals surface area (Å²) in [6.07, 6.45) is -5.06. The van der Waals surface area contributed by atoms with Crippen LogP contribution >= 0.6 is 0 Å². The Morgan fingerprint density at radius 1 is 1.25 bits per heavy atom. The van der Waals surface area contributed by atoms with Crippen LogP contribution in [0.15, 0.2) is 28.7 Å². The number of alkyl halides is 3. The molecule has 1 aliphatic rings. The molecule has 2 aromatic rings. The average Bonchev–Trinajstić information content (AvgIpc) is 3.00. The van der Waals surface area contributed by atoms with Gasteiger partial charge in [-0.25, -0.2) is 0 Å². The van der Waals surface area contributed by atoms with Gasteiger partial charge in [0.15, 0.2) is 0 Å². The van der Waals surface area contributed by atoms with Crippen LogP contribution in [0.3, 0.4) is 0 Å². The number of halogens is 3. The fourth-order valence-corrected chi connectivity index (χ4v) is 2.88. The summed E-state index contributed by atoms with van der Waals surface area (Å²) in [6.45, 7) is 4.85. The first-order chi connectivity index (χ1) is 11.4. The monoisotopic (exact) mass is 341 g/mol. The van der Waals surface area contributed by atoms with Gasteiger partial charge in [0.25, 0.3) is 0 Å². The van der Waals surface area contributed by atoms with Crippen LogP contribution in [-0.4, -0.2) is 34.8 Å². The molecule has 0 unspecified atom stereocenters. The third-order valence-electron chi connectivity index (χ3n) is 4.16. The Hall–Kier alpha value is -1.93. The lowest BCUT2D eigenvalue weighted by Gasteiger charge is -2.36. The molecule has 0 spiro atoms. The van der Waals surface area contributed by atoms with Gasteiger partial charge in [0, 0.05) is 20.0 Å². The second kappa shape index (κ2) is 6.52. The second-order valence-electron chi connectivity index (χ2n) is 5.77. The van der Waals surface area contributed by atoms with Gasteiger partial charge in [0.2, 0.25) is 11.8 Å². The van der Waals surface area contributed by atoms with E-state index in [1.54, 1.807) is 13.0 Å². The van der Waals surface area contributed by atoms with E-state index in [2.05, 4.69) is 10.2 Å². The molecule has 0 N–H and O–H groups in total. The van der Waals surface area contributed by atoms with Crippen molar-refractivity contribution in [1.29, 1.82) is 0 Å². The number of ether oxygens (including phenoxy) is 1. The van der Waals surface area contributed by atoms with Crippen LogP contribution in [-0.2, 0) is 10.9 Å². The van der Waals surface area contributed by atoms with Gasteiger partial charge in [-0.15, -0.1) is 10.2 Å². The van der Waals surface area contributed by atoms with Gasteiger partial charge >= 0.3 is 6.18 Å². The molecule has 130 valence electrons. The summed E-state index contributed by atoms with van der Waals surface area (Å²) in [6, 6.07) is 5.35. The molecule has 1 aromatic carbocycles. The Labute approximate surface area is 137 Å².